The molecule has 2 fully saturated rings. The third-order valence-electron chi connectivity index (χ3n) is 5.56. The number of piperidine rings is 2. The lowest BCUT2D eigenvalue weighted by Crippen LogP contribution is -2.59. The number of amides is 1. The Bertz CT molecular complexity index is 828. The number of nitrogens with one attached hydrogen (secondary N) is 1. The number of aromatic nitrogens is 2. The topological polar surface area (TPSA) is 114 Å². The van der Waals surface area contributed by atoms with Gasteiger partial charge in [-0.15, -0.1) is 0 Å². The van der Waals surface area contributed by atoms with E-state index in [4.69, 9.17) is 9.47 Å². The highest BCUT2D eigenvalue weighted by Crippen LogP contribution is 2.23. The van der Waals surface area contributed by atoms with E-state index < -0.39 is 28.2 Å². The van der Waals surface area contributed by atoms with E-state index in [1.807, 2.05) is 13.0 Å². The molecule has 11 heteroatoms. The van der Waals surface area contributed by atoms with E-state index in [0.717, 1.165) is 43.8 Å². The summed E-state index contributed by atoms with van der Waals surface area (Å²) in [5, 5.41) is 0. The molecule has 1 N–H and O–H groups in total. The van der Waals surface area contributed by atoms with Crippen molar-refractivity contribution in [2.75, 3.05) is 44.5 Å². The Morgan fingerprint density at radius 2 is 2.00 bits per heavy atom. The van der Waals surface area contributed by atoms with Gasteiger partial charge in [0.2, 0.25) is 16.0 Å². The Morgan fingerprint density at radius 1 is 1.27 bits per heavy atom. The molecule has 1 aromatic rings. The maximum atomic E-state index is 12.2. The van der Waals surface area contributed by atoms with Crippen molar-refractivity contribution in [1.82, 2.24) is 19.6 Å². The fourth-order valence-corrected chi connectivity index (χ4v) is 4.89. The number of sulfonamides is 1. The Kier molecular flexibility index (Phi) is 7.48. The minimum atomic E-state index is -3.40. The van der Waals surface area contributed by atoms with Gasteiger partial charge in [-0.2, -0.15) is 0 Å². The molecule has 0 saturated carbocycles. The number of ether oxygens (including phenoxy) is 2. The SMILES string of the molecule is COC(=O)N1CCC[C@H](NS(C)(=O)=O)[C@@H]1COC1CCN(c2nccc(C)n2)CC1. The van der Waals surface area contributed by atoms with E-state index in [1.54, 1.807) is 11.1 Å². The first-order valence-corrected chi connectivity index (χ1v) is 12.1. The molecule has 0 aliphatic carbocycles. The standard InChI is InChI=1S/C19H31N5O5S/c1-14-6-9-20-18(21-14)23-11-7-15(8-12-23)29-13-17-16(22-30(3,26)27)5-4-10-24(17)19(25)28-2/h6,9,15-17,22H,4-5,7-8,10-13H2,1-3H3/t16-,17-/m0/s1. The van der Waals surface area contributed by atoms with Gasteiger partial charge in [0, 0.05) is 37.6 Å². The van der Waals surface area contributed by atoms with E-state index in [9.17, 15) is 13.2 Å². The molecule has 2 saturated heterocycles. The number of nitrogens with zero attached hydrogens (tertiary/aromatic N) is 4. The molecule has 0 spiro atoms. The lowest BCUT2D eigenvalue weighted by Gasteiger charge is -2.41. The molecule has 0 bridgehead atoms. The second-order valence-corrected chi connectivity index (χ2v) is 9.67. The van der Waals surface area contributed by atoms with Crippen LogP contribution in [0.3, 0.4) is 0 Å². The quantitative estimate of drug-likeness (QED) is 0.693. The zero-order valence-corrected chi connectivity index (χ0v) is 18.6. The zero-order valence-electron chi connectivity index (χ0n) is 17.8. The molecule has 3 rings (SSSR count). The van der Waals surface area contributed by atoms with Gasteiger partial charge in [0.05, 0.1) is 32.1 Å². The van der Waals surface area contributed by atoms with Gasteiger partial charge in [0.1, 0.15) is 0 Å². The summed E-state index contributed by atoms with van der Waals surface area (Å²) in [6.45, 7) is 4.29. The number of anilines is 1. The second kappa shape index (κ2) is 9.88. The summed E-state index contributed by atoms with van der Waals surface area (Å²) in [7, 11) is -2.07. The Morgan fingerprint density at radius 3 is 2.63 bits per heavy atom. The summed E-state index contributed by atoms with van der Waals surface area (Å²) in [6.07, 6.45) is 5.44. The molecular formula is C19H31N5O5S. The minimum absolute atomic E-state index is 0.0337. The van der Waals surface area contributed by atoms with E-state index in [2.05, 4.69) is 19.6 Å². The summed E-state index contributed by atoms with van der Waals surface area (Å²) < 4.78 is 37.3. The summed E-state index contributed by atoms with van der Waals surface area (Å²) >= 11 is 0. The molecule has 1 aromatic heterocycles. The fraction of sp³-hybridized carbons (Fsp3) is 0.737. The number of carbonyl (C=O) groups excluding carboxylic acids is 1. The molecule has 30 heavy (non-hydrogen) atoms. The van der Waals surface area contributed by atoms with Crippen LogP contribution >= 0.6 is 0 Å². The summed E-state index contributed by atoms with van der Waals surface area (Å²) in [6, 6.07) is 1.07. The molecule has 2 aliphatic heterocycles. The van der Waals surface area contributed by atoms with Crippen LogP contribution in [0.15, 0.2) is 12.3 Å². The number of rotatable bonds is 6. The number of methoxy groups -OCH3 is 1. The molecule has 168 valence electrons. The highest BCUT2D eigenvalue weighted by atomic mass is 32.2. The summed E-state index contributed by atoms with van der Waals surface area (Å²) in [5.74, 6) is 0.731. The van der Waals surface area contributed by atoms with Crippen molar-refractivity contribution in [3.8, 4) is 0 Å². The molecule has 3 heterocycles. The van der Waals surface area contributed by atoms with Crippen LogP contribution in [-0.2, 0) is 19.5 Å². The van der Waals surface area contributed by atoms with E-state index >= 15 is 0 Å². The van der Waals surface area contributed by atoms with Gasteiger partial charge in [-0.3, -0.25) is 0 Å². The van der Waals surface area contributed by atoms with Gasteiger partial charge in [-0.1, -0.05) is 0 Å². The van der Waals surface area contributed by atoms with Crippen molar-refractivity contribution in [3.63, 3.8) is 0 Å². The minimum Gasteiger partial charge on any atom is -0.453 e. The summed E-state index contributed by atoms with van der Waals surface area (Å²) in [4.78, 5) is 24.7. The highest BCUT2D eigenvalue weighted by Gasteiger charge is 2.37. The van der Waals surface area contributed by atoms with Gasteiger partial charge in [-0.25, -0.2) is 27.9 Å². The van der Waals surface area contributed by atoms with Crippen molar-refractivity contribution in [2.45, 2.75) is 50.8 Å². The normalized spacial score (nSPS) is 23.4. The molecule has 10 nitrogen and oxygen atoms in total. The van der Waals surface area contributed by atoms with Crippen LogP contribution in [0, 0.1) is 6.92 Å². The van der Waals surface area contributed by atoms with Crippen LogP contribution in [0.1, 0.15) is 31.4 Å². The van der Waals surface area contributed by atoms with Crippen LogP contribution in [-0.4, -0.2) is 87.2 Å². The Labute approximate surface area is 178 Å². The third-order valence-corrected chi connectivity index (χ3v) is 6.29. The van der Waals surface area contributed by atoms with Crippen LogP contribution in [0.4, 0.5) is 10.7 Å². The number of hydrogen-bond donors (Lipinski definition) is 1. The van der Waals surface area contributed by atoms with Crippen molar-refractivity contribution in [2.24, 2.45) is 0 Å². The monoisotopic (exact) mass is 441 g/mol. The predicted molar refractivity (Wildman–Crippen MR) is 112 cm³/mol. The van der Waals surface area contributed by atoms with Crippen LogP contribution in [0.2, 0.25) is 0 Å². The number of carbonyl (C=O) groups is 1. The van der Waals surface area contributed by atoms with Crippen LogP contribution in [0.5, 0.6) is 0 Å². The number of hydrogen-bond acceptors (Lipinski definition) is 8. The molecular weight excluding hydrogens is 410 g/mol. The molecule has 2 atom stereocenters. The molecule has 0 unspecified atom stereocenters. The Hall–Kier alpha value is -1.98. The van der Waals surface area contributed by atoms with Crippen molar-refractivity contribution < 1.29 is 22.7 Å². The van der Waals surface area contributed by atoms with Gasteiger partial charge in [0.15, 0.2) is 0 Å². The third kappa shape index (κ3) is 6.02. The molecule has 2 aliphatic rings. The Balaban J connectivity index is 1.59. The van der Waals surface area contributed by atoms with Gasteiger partial charge >= 0.3 is 6.09 Å². The maximum Gasteiger partial charge on any atom is 0.409 e. The fourth-order valence-electron chi connectivity index (χ4n) is 4.06. The highest BCUT2D eigenvalue weighted by molar-refractivity contribution is 7.88. The number of aryl methyl sites for hydroxylation is 1. The van der Waals surface area contributed by atoms with Crippen LogP contribution in [0.25, 0.3) is 0 Å². The lowest BCUT2D eigenvalue weighted by molar-refractivity contribution is -0.0181. The van der Waals surface area contributed by atoms with Crippen molar-refractivity contribution in [3.05, 3.63) is 18.0 Å². The first kappa shape index (κ1) is 22.7. The average molecular weight is 442 g/mol. The van der Waals surface area contributed by atoms with E-state index in [0.29, 0.717) is 19.4 Å². The average Bonchev–Trinajstić information content (AvgIpc) is 2.71. The van der Waals surface area contributed by atoms with Crippen molar-refractivity contribution in [1.29, 1.82) is 0 Å². The van der Waals surface area contributed by atoms with Crippen LogP contribution < -0.4 is 9.62 Å². The maximum absolute atomic E-state index is 12.2. The zero-order chi connectivity index (χ0) is 21.7. The van der Waals surface area contributed by atoms with Gasteiger partial charge in [-0.05, 0) is 38.7 Å². The first-order valence-electron chi connectivity index (χ1n) is 10.2. The van der Waals surface area contributed by atoms with Gasteiger partial charge < -0.3 is 19.3 Å². The number of likely N-dealkylation sites (tertiary alicyclic amines) is 1. The smallest absolute Gasteiger partial charge is 0.409 e. The molecule has 1 amide bonds. The van der Waals surface area contributed by atoms with Crippen molar-refractivity contribution >= 4 is 22.1 Å². The second-order valence-electron chi connectivity index (χ2n) is 7.89. The molecule has 0 radical (unpaired) electrons. The predicted octanol–water partition coefficient (Wildman–Crippen LogP) is 0.919. The van der Waals surface area contributed by atoms with E-state index in [-0.39, 0.29) is 12.7 Å². The first-order chi connectivity index (χ1) is 14.3. The molecule has 0 aromatic carbocycles. The summed E-state index contributed by atoms with van der Waals surface area (Å²) in [5.41, 5.74) is 0.933. The lowest BCUT2D eigenvalue weighted by atomic mass is 9.97. The largest absolute Gasteiger partial charge is 0.453 e. The van der Waals surface area contributed by atoms with Gasteiger partial charge in [0.25, 0.3) is 0 Å². The van der Waals surface area contributed by atoms with E-state index in [1.165, 1.54) is 7.11 Å².